The van der Waals surface area contributed by atoms with Gasteiger partial charge in [0.15, 0.2) is 11.6 Å². The molecule has 8 heteroatoms. The van der Waals surface area contributed by atoms with E-state index in [4.69, 9.17) is 16.3 Å². The predicted molar refractivity (Wildman–Crippen MR) is 116 cm³/mol. The smallest absolute Gasteiger partial charge is 0.167 e. The molecule has 2 aromatic carbocycles. The van der Waals surface area contributed by atoms with Gasteiger partial charge in [-0.1, -0.05) is 29.4 Å². The number of fused-ring (bicyclic) bond motifs is 1. The first-order valence-electron chi connectivity index (χ1n) is 8.81. The van der Waals surface area contributed by atoms with Gasteiger partial charge in [-0.2, -0.15) is 5.26 Å². The molecule has 0 aliphatic rings. The first kappa shape index (κ1) is 20.0. The maximum Gasteiger partial charge on any atom is 0.167 e. The number of methoxy groups -OCH3 is 1. The van der Waals surface area contributed by atoms with Gasteiger partial charge in [0.1, 0.15) is 11.1 Å². The molecule has 0 radical (unpaired) electrons. The average molecular weight is 437 g/mol. The lowest BCUT2D eigenvalue weighted by molar-refractivity contribution is 0.387. The molecule has 0 fully saturated rings. The van der Waals surface area contributed by atoms with E-state index in [2.05, 4.69) is 21.4 Å². The molecule has 0 saturated heterocycles. The Kier molecular flexibility index (Phi) is 5.70. The zero-order valence-corrected chi connectivity index (χ0v) is 17.3. The van der Waals surface area contributed by atoms with Crippen LogP contribution in [0.3, 0.4) is 0 Å². The highest BCUT2D eigenvalue weighted by atomic mass is 35.5. The standard InChI is InChI=1S/C22H14ClFN4OS/c1-29-19-9-15-18(10-17(19)24)27-12-13(11-25)22(15)28-14-5-6-20(16(23)8-14)30-21-4-2-3-7-26-21/h2-10,12H,1H3,(H,27,28). The second-order valence-electron chi connectivity index (χ2n) is 6.20. The minimum absolute atomic E-state index is 0.0718. The van der Waals surface area contributed by atoms with Crippen molar-refractivity contribution < 1.29 is 9.13 Å². The van der Waals surface area contributed by atoms with Gasteiger partial charge >= 0.3 is 0 Å². The largest absolute Gasteiger partial charge is 0.494 e. The number of benzene rings is 2. The molecule has 0 aliphatic carbocycles. The van der Waals surface area contributed by atoms with Crippen molar-refractivity contribution in [3.8, 4) is 11.8 Å². The quantitative estimate of drug-likeness (QED) is 0.401. The van der Waals surface area contributed by atoms with E-state index < -0.39 is 5.82 Å². The maximum absolute atomic E-state index is 14.1. The number of hydrogen-bond donors (Lipinski definition) is 1. The van der Waals surface area contributed by atoms with Gasteiger partial charge < -0.3 is 10.1 Å². The third-order valence-corrected chi connectivity index (χ3v) is 5.77. The summed E-state index contributed by atoms with van der Waals surface area (Å²) in [6, 6.07) is 16.1. The molecule has 30 heavy (non-hydrogen) atoms. The van der Waals surface area contributed by atoms with Gasteiger partial charge in [-0.15, -0.1) is 0 Å². The van der Waals surface area contributed by atoms with Crippen LogP contribution in [0.1, 0.15) is 5.56 Å². The number of nitrogens with one attached hydrogen (secondary N) is 1. The highest BCUT2D eigenvalue weighted by molar-refractivity contribution is 7.99. The number of pyridine rings is 2. The Balaban J connectivity index is 1.71. The van der Waals surface area contributed by atoms with E-state index in [1.165, 1.54) is 37.2 Å². The van der Waals surface area contributed by atoms with Crippen molar-refractivity contribution in [3.05, 3.63) is 77.3 Å². The van der Waals surface area contributed by atoms with E-state index in [-0.39, 0.29) is 5.75 Å². The van der Waals surface area contributed by atoms with Crippen LogP contribution in [0.2, 0.25) is 5.02 Å². The van der Waals surface area contributed by atoms with Gasteiger partial charge in [-0.25, -0.2) is 9.37 Å². The lowest BCUT2D eigenvalue weighted by atomic mass is 10.1. The van der Waals surface area contributed by atoms with Gasteiger partial charge in [0.2, 0.25) is 0 Å². The molecule has 0 aliphatic heterocycles. The lowest BCUT2D eigenvalue weighted by Gasteiger charge is -2.14. The van der Waals surface area contributed by atoms with Crippen LogP contribution < -0.4 is 10.1 Å². The van der Waals surface area contributed by atoms with Gasteiger partial charge in [0, 0.05) is 34.4 Å². The number of hydrogen-bond acceptors (Lipinski definition) is 6. The third-order valence-electron chi connectivity index (χ3n) is 4.32. The summed E-state index contributed by atoms with van der Waals surface area (Å²) in [5.41, 5.74) is 1.90. The molecule has 2 aromatic heterocycles. The second kappa shape index (κ2) is 8.57. The van der Waals surface area contributed by atoms with Crippen LogP contribution in [0.25, 0.3) is 10.9 Å². The number of nitrogens with zero attached hydrogens (tertiary/aromatic N) is 3. The zero-order valence-electron chi connectivity index (χ0n) is 15.7. The van der Waals surface area contributed by atoms with Crippen molar-refractivity contribution in [1.29, 1.82) is 5.26 Å². The van der Waals surface area contributed by atoms with Crippen molar-refractivity contribution in [2.45, 2.75) is 9.92 Å². The molecular weight excluding hydrogens is 423 g/mol. The number of ether oxygens (including phenoxy) is 1. The van der Waals surface area contributed by atoms with E-state index in [9.17, 15) is 9.65 Å². The Bertz CT molecular complexity index is 1280. The number of rotatable bonds is 5. The summed E-state index contributed by atoms with van der Waals surface area (Å²) >= 11 is 7.92. The van der Waals surface area contributed by atoms with Gasteiger partial charge in [-0.3, -0.25) is 4.98 Å². The molecule has 1 N–H and O–H groups in total. The van der Waals surface area contributed by atoms with Crippen LogP contribution in [0.4, 0.5) is 15.8 Å². The zero-order chi connectivity index (χ0) is 21.1. The van der Waals surface area contributed by atoms with Gasteiger partial charge in [0.25, 0.3) is 0 Å². The van der Waals surface area contributed by atoms with Crippen LogP contribution in [0.15, 0.2) is 70.8 Å². The molecular formula is C22H14ClFN4OS. The van der Waals surface area contributed by atoms with Crippen molar-refractivity contribution >= 4 is 45.6 Å². The predicted octanol–water partition coefficient (Wildman–Crippen LogP) is 6.20. The first-order valence-corrected chi connectivity index (χ1v) is 10.0. The van der Waals surface area contributed by atoms with Gasteiger partial charge in [-0.05, 0) is 36.4 Å². The number of anilines is 2. The Morgan fingerprint density at radius 3 is 2.73 bits per heavy atom. The van der Waals surface area contributed by atoms with Crippen molar-refractivity contribution in [2.75, 3.05) is 12.4 Å². The molecule has 0 bridgehead atoms. The number of nitriles is 1. The fourth-order valence-corrected chi connectivity index (χ4v) is 3.97. The monoisotopic (exact) mass is 436 g/mol. The maximum atomic E-state index is 14.1. The number of aromatic nitrogens is 2. The van der Waals surface area contributed by atoms with Gasteiger partial charge in [0.05, 0.1) is 28.9 Å². The summed E-state index contributed by atoms with van der Waals surface area (Å²) in [4.78, 5) is 9.32. The van der Waals surface area contributed by atoms with E-state index in [0.717, 1.165) is 9.92 Å². The van der Waals surface area contributed by atoms with Crippen molar-refractivity contribution in [1.82, 2.24) is 9.97 Å². The second-order valence-corrected chi connectivity index (χ2v) is 7.67. The minimum atomic E-state index is -0.521. The fourth-order valence-electron chi connectivity index (χ4n) is 2.90. The van der Waals surface area contributed by atoms with E-state index in [1.54, 1.807) is 12.3 Å². The summed E-state index contributed by atoms with van der Waals surface area (Å²) in [5.74, 6) is -0.449. The Morgan fingerprint density at radius 1 is 1.17 bits per heavy atom. The highest BCUT2D eigenvalue weighted by Gasteiger charge is 2.14. The van der Waals surface area contributed by atoms with Crippen molar-refractivity contribution in [2.24, 2.45) is 0 Å². The van der Waals surface area contributed by atoms with Crippen molar-refractivity contribution in [3.63, 3.8) is 0 Å². The van der Waals surface area contributed by atoms with E-state index in [0.29, 0.717) is 32.9 Å². The first-order chi connectivity index (χ1) is 14.6. The molecule has 4 aromatic rings. The van der Waals surface area contributed by atoms with E-state index in [1.807, 2.05) is 30.3 Å². The van der Waals surface area contributed by atoms with E-state index >= 15 is 0 Å². The molecule has 148 valence electrons. The number of halogens is 2. The molecule has 5 nitrogen and oxygen atoms in total. The van der Waals surface area contributed by atoms with Crippen LogP contribution in [0, 0.1) is 17.1 Å². The highest BCUT2D eigenvalue weighted by Crippen LogP contribution is 2.37. The summed E-state index contributed by atoms with van der Waals surface area (Å²) < 4.78 is 19.1. The molecule has 0 spiro atoms. The minimum Gasteiger partial charge on any atom is -0.494 e. The fraction of sp³-hybridized carbons (Fsp3) is 0.0455. The lowest BCUT2D eigenvalue weighted by Crippen LogP contribution is -1.98. The normalized spacial score (nSPS) is 10.6. The molecule has 0 amide bonds. The molecule has 4 rings (SSSR count). The summed E-state index contributed by atoms with van der Waals surface area (Å²) in [7, 11) is 1.39. The summed E-state index contributed by atoms with van der Waals surface area (Å²) in [5, 5.41) is 14.7. The summed E-state index contributed by atoms with van der Waals surface area (Å²) in [6.07, 6.45) is 3.13. The molecule has 0 saturated carbocycles. The van der Waals surface area contributed by atoms with Crippen LogP contribution >= 0.6 is 23.4 Å². The van der Waals surface area contributed by atoms with Crippen LogP contribution in [-0.4, -0.2) is 17.1 Å². The summed E-state index contributed by atoms with van der Waals surface area (Å²) in [6.45, 7) is 0. The molecule has 2 heterocycles. The molecule has 0 atom stereocenters. The topological polar surface area (TPSA) is 70.8 Å². The average Bonchev–Trinajstić information content (AvgIpc) is 2.76. The van der Waals surface area contributed by atoms with Crippen LogP contribution in [0.5, 0.6) is 5.75 Å². The third kappa shape index (κ3) is 4.01. The molecule has 0 unspecified atom stereocenters. The SMILES string of the molecule is COc1cc2c(Nc3ccc(Sc4ccccn4)c(Cl)c3)c(C#N)cnc2cc1F. The Labute approximate surface area is 181 Å². The Morgan fingerprint density at radius 2 is 2.03 bits per heavy atom. The van der Waals surface area contributed by atoms with Crippen LogP contribution in [-0.2, 0) is 0 Å². The Hall–Kier alpha value is -3.34.